The lowest BCUT2D eigenvalue weighted by molar-refractivity contribution is -0.136. The quantitative estimate of drug-likeness (QED) is 0.739. The van der Waals surface area contributed by atoms with Gasteiger partial charge in [-0.05, 0) is 31.7 Å². The highest BCUT2D eigenvalue weighted by molar-refractivity contribution is 6.23. The summed E-state index contributed by atoms with van der Waals surface area (Å²) in [6.07, 6.45) is 0.279. The van der Waals surface area contributed by atoms with Crippen LogP contribution in [0.25, 0.3) is 0 Å². The number of rotatable bonds is 3. The molecule has 130 valence electrons. The molecule has 0 aromatic heterocycles. The van der Waals surface area contributed by atoms with E-state index in [1.54, 1.807) is 18.2 Å². The first kappa shape index (κ1) is 15.8. The summed E-state index contributed by atoms with van der Waals surface area (Å²) >= 11 is 0. The summed E-state index contributed by atoms with van der Waals surface area (Å²) in [4.78, 5) is 51.8. The zero-order chi connectivity index (χ0) is 17.7. The average molecular weight is 342 g/mol. The van der Waals surface area contributed by atoms with Gasteiger partial charge in [-0.2, -0.15) is 0 Å². The number of likely N-dealkylation sites (N-methyl/N-ethyl adjacent to an activating group) is 1. The highest BCUT2D eigenvalue weighted by Crippen LogP contribution is 2.30. The Morgan fingerprint density at radius 2 is 1.80 bits per heavy atom. The van der Waals surface area contributed by atoms with Gasteiger partial charge in [0.05, 0.1) is 17.2 Å². The van der Waals surface area contributed by atoms with Crippen molar-refractivity contribution in [2.45, 2.75) is 24.9 Å². The first-order valence-corrected chi connectivity index (χ1v) is 8.25. The number of hydrogen-bond acceptors (Lipinski definition) is 6. The molecule has 4 amide bonds. The Balaban J connectivity index is 1.57. The second kappa shape index (κ2) is 5.66. The minimum Gasteiger partial charge on any atom is -0.380 e. The molecule has 0 saturated carbocycles. The van der Waals surface area contributed by atoms with Gasteiger partial charge < -0.3 is 10.2 Å². The Morgan fingerprint density at radius 1 is 1.08 bits per heavy atom. The molecule has 0 radical (unpaired) electrons. The molecule has 8 nitrogen and oxygen atoms in total. The predicted octanol–water partition coefficient (Wildman–Crippen LogP) is -0.186. The monoisotopic (exact) mass is 342 g/mol. The number of carbonyl (C=O) groups is 4. The summed E-state index contributed by atoms with van der Waals surface area (Å²) in [6, 6.07) is 4.45. The minimum absolute atomic E-state index is 0.117. The summed E-state index contributed by atoms with van der Waals surface area (Å²) in [5.74, 6) is -1.94. The van der Waals surface area contributed by atoms with Crippen LogP contribution in [0.5, 0.6) is 0 Å². The van der Waals surface area contributed by atoms with Crippen LogP contribution in [0.15, 0.2) is 18.2 Å². The zero-order valence-electron chi connectivity index (χ0n) is 13.7. The molecule has 4 rings (SSSR count). The van der Waals surface area contributed by atoms with Crippen molar-refractivity contribution < 1.29 is 19.2 Å². The van der Waals surface area contributed by atoms with E-state index in [1.165, 1.54) is 0 Å². The fraction of sp³-hybridized carbons (Fsp3) is 0.412. The van der Waals surface area contributed by atoms with Crippen LogP contribution in [0.3, 0.4) is 0 Å². The van der Waals surface area contributed by atoms with Gasteiger partial charge in [-0.25, -0.2) is 0 Å². The van der Waals surface area contributed by atoms with Crippen LogP contribution in [-0.2, 0) is 9.59 Å². The number of nitrogens with one attached hydrogen (secondary N) is 2. The smallest absolute Gasteiger partial charge is 0.262 e. The molecule has 3 aliphatic heterocycles. The van der Waals surface area contributed by atoms with E-state index >= 15 is 0 Å². The van der Waals surface area contributed by atoms with Crippen LogP contribution >= 0.6 is 0 Å². The molecule has 0 spiro atoms. The van der Waals surface area contributed by atoms with E-state index in [4.69, 9.17) is 0 Å². The molecule has 25 heavy (non-hydrogen) atoms. The van der Waals surface area contributed by atoms with Crippen LogP contribution < -0.4 is 10.6 Å². The van der Waals surface area contributed by atoms with E-state index in [1.807, 2.05) is 7.05 Å². The van der Waals surface area contributed by atoms with Crippen molar-refractivity contribution in [1.29, 1.82) is 0 Å². The highest BCUT2D eigenvalue weighted by Gasteiger charge is 2.44. The lowest BCUT2D eigenvalue weighted by Crippen LogP contribution is -2.54. The third-order valence-corrected chi connectivity index (χ3v) is 4.87. The number of likely N-dealkylation sites (tertiary alicyclic amines) is 1. The van der Waals surface area contributed by atoms with E-state index in [9.17, 15) is 19.2 Å². The van der Waals surface area contributed by atoms with E-state index in [0.29, 0.717) is 17.2 Å². The van der Waals surface area contributed by atoms with Gasteiger partial charge in [0.2, 0.25) is 11.8 Å². The van der Waals surface area contributed by atoms with Crippen molar-refractivity contribution in [3.8, 4) is 0 Å². The Labute approximate surface area is 144 Å². The van der Waals surface area contributed by atoms with Crippen molar-refractivity contribution in [3.63, 3.8) is 0 Å². The maximum atomic E-state index is 12.7. The van der Waals surface area contributed by atoms with Crippen LogP contribution in [0.1, 0.15) is 33.6 Å². The van der Waals surface area contributed by atoms with Crippen molar-refractivity contribution in [2.24, 2.45) is 0 Å². The number of fused-ring (bicyclic) bond motifs is 1. The fourth-order valence-corrected chi connectivity index (χ4v) is 3.59. The molecular formula is C17H18N4O4. The number of carbonyl (C=O) groups excluding carboxylic acids is 4. The summed E-state index contributed by atoms with van der Waals surface area (Å²) in [6.45, 7) is 1.85. The highest BCUT2D eigenvalue weighted by atomic mass is 16.2. The lowest BCUT2D eigenvalue weighted by Gasteiger charge is -2.37. The Morgan fingerprint density at radius 3 is 2.48 bits per heavy atom. The van der Waals surface area contributed by atoms with Crippen molar-refractivity contribution >= 4 is 29.3 Å². The largest absolute Gasteiger partial charge is 0.380 e. The lowest BCUT2D eigenvalue weighted by atomic mass is 10.0. The van der Waals surface area contributed by atoms with E-state index in [0.717, 1.165) is 23.7 Å². The van der Waals surface area contributed by atoms with Gasteiger partial charge in [-0.1, -0.05) is 0 Å². The third kappa shape index (κ3) is 2.58. The van der Waals surface area contributed by atoms with Gasteiger partial charge in [-0.15, -0.1) is 0 Å². The molecule has 2 N–H and O–H groups in total. The number of amides is 4. The van der Waals surface area contributed by atoms with Crippen LogP contribution in [0.2, 0.25) is 0 Å². The molecule has 2 fully saturated rings. The summed E-state index contributed by atoms with van der Waals surface area (Å²) in [7, 11) is 2.03. The van der Waals surface area contributed by atoms with Gasteiger partial charge in [0.15, 0.2) is 0 Å². The number of imide groups is 2. The molecule has 0 bridgehead atoms. The van der Waals surface area contributed by atoms with Gasteiger partial charge in [0.25, 0.3) is 11.8 Å². The number of benzene rings is 1. The number of anilines is 1. The maximum absolute atomic E-state index is 12.7. The average Bonchev–Trinajstić information content (AvgIpc) is 2.78. The number of piperidine rings is 1. The maximum Gasteiger partial charge on any atom is 0.262 e. The van der Waals surface area contributed by atoms with E-state index in [2.05, 4.69) is 15.5 Å². The second-order valence-electron chi connectivity index (χ2n) is 6.77. The molecular weight excluding hydrogens is 324 g/mol. The zero-order valence-corrected chi connectivity index (χ0v) is 13.7. The van der Waals surface area contributed by atoms with Crippen molar-refractivity contribution in [2.75, 3.05) is 25.5 Å². The van der Waals surface area contributed by atoms with E-state index in [-0.39, 0.29) is 18.7 Å². The normalized spacial score (nSPS) is 24.2. The molecule has 3 aliphatic rings. The van der Waals surface area contributed by atoms with E-state index < -0.39 is 23.8 Å². The number of hydrogen-bond donors (Lipinski definition) is 2. The van der Waals surface area contributed by atoms with Gasteiger partial charge >= 0.3 is 0 Å². The fourth-order valence-electron chi connectivity index (χ4n) is 3.59. The van der Waals surface area contributed by atoms with Crippen LogP contribution in [0.4, 0.5) is 5.69 Å². The summed E-state index contributed by atoms with van der Waals surface area (Å²) in [5, 5.41) is 5.53. The molecule has 0 aliphatic carbocycles. The molecule has 8 heteroatoms. The first-order chi connectivity index (χ1) is 11.9. The first-order valence-electron chi connectivity index (χ1n) is 8.25. The van der Waals surface area contributed by atoms with Gasteiger partial charge in [-0.3, -0.25) is 29.4 Å². The molecule has 1 atom stereocenters. The van der Waals surface area contributed by atoms with Gasteiger partial charge in [0.1, 0.15) is 6.04 Å². The van der Waals surface area contributed by atoms with Crippen LogP contribution in [-0.4, -0.2) is 65.6 Å². The summed E-state index contributed by atoms with van der Waals surface area (Å²) < 4.78 is 0. The third-order valence-electron chi connectivity index (χ3n) is 4.87. The molecule has 1 unspecified atom stereocenters. The topological polar surface area (TPSA) is 98.8 Å². The summed E-state index contributed by atoms with van der Waals surface area (Å²) in [5.41, 5.74) is 1.38. The van der Waals surface area contributed by atoms with Crippen molar-refractivity contribution in [3.05, 3.63) is 29.3 Å². The Kier molecular flexibility index (Phi) is 3.57. The van der Waals surface area contributed by atoms with Crippen LogP contribution in [0, 0.1) is 0 Å². The SMILES string of the molecule is CN1CC(Nc2ccc3c(c2)C(=O)N(C2CCC(=O)NC2=O)C3=O)C1. The second-order valence-corrected chi connectivity index (χ2v) is 6.77. The predicted molar refractivity (Wildman–Crippen MR) is 88.0 cm³/mol. The Bertz CT molecular complexity index is 800. The number of nitrogens with zero attached hydrogens (tertiary/aromatic N) is 2. The Hall–Kier alpha value is -2.74. The molecule has 1 aromatic rings. The molecule has 1 aromatic carbocycles. The standard InChI is InChI=1S/C17H18N4O4/c1-20-7-10(8-20)18-9-2-3-11-12(6-9)17(25)21(16(11)24)13-4-5-14(22)19-15(13)23/h2-3,6,10,13,18H,4-5,7-8H2,1H3,(H,19,22,23). The molecule has 3 heterocycles. The van der Waals surface area contributed by atoms with Crippen molar-refractivity contribution in [1.82, 2.24) is 15.1 Å². The minimum atomic E-state index is -0.929. The molecule has 2 saturated heterocycles. The van der Waals surface area contributed by atoms with Gasteiger partial charge in [0, 0.05) is 25.2 Å².